The molecule has 2 saturated heterocycles. The molecule has 43 heavy (non-hydrogen) atoms. The fraction of sp³-hybridized carbons (Fsp3) is 0.441. The van der Waals surface area contributed by atoms with Crippen molar-refractivity contribution in [2.24, 2.45) is 11.8 Å². The van der Waals surface area contributed by atoms with Crippen molar-refractivity contribution in [3.63, 3.8) is 0 Å². The second-order valence-corrected chi connectivity index (χ2v) is 11.6. The third-order valence-electron chi connectivity index (χ3n) is 9.64. The van der Waals surface area contributed by atoms with Gasteiger partial charge in [-0.15, -0.1) is 0 Å². The van der Waals surface area contributed by atoms with Gasteiger partial charge < -0.3 is 29.4 Å². The van der Waals surface area contributed by atoms with Gasteiger partial charge in [0.05, 0.1) is 24.0 Å². The third-order valence-corrected chi connectivity index (χ3v) is 9.64. The van der Waals surface area contributed by atoms with Crippen LogP contribution >= 0.6 is 0 Å². The summed E-state index contributed by atoms with van der Waals surface area (Å²) in [6.07, 6.45) is 8.05. The van der Waals surface area contributed by atoms with Crippen molar-refractivity contribution in [2.45, 2.75) is 44.4 Å². The Balaban J connectivity index is 1.43. The van der Waals surface area contributed by atoms with Gasteiger partial charge in [-0.2, -0.15) is 0 Å². The minimum atomic E-state index is -1.36. The van der Waals surface area contributed by atoms with Crippen molar-refractivity contribution in [3.8, 4) is 0 Å². The fourth-order valence-corrected chi connectivity index (χ4v) is 7.61. The normalized spacial score (nSPS) is 29.8. The van der Waals surface area contributed by atoms with Crippen LogP contribution in [0.2, 0.25) is 0 Å². The minimum Gasteiger partial charge on any atom is -0.395 e. The maximum atomic E-state index is 14.6. The molecule has 226 valence electrons. The monoisotopic (exact) mass is 584 g/mol. The van der Waals surface area contributed by atoms with Gasteiger partial charge in [-0.25, -0.2) is 0 Å². The molecule has 0 radical (unpaired) electrons. The molecule has 1 N–H and O–H groups in total. The van der Waals surface area contributed by atoms with E-state index in [1.54, 1.807) is 9.80 Å². The lowest BCUT2D eigenvalue weighted by atomic mass is 9.73. The first-order valence-corrected chi connectivity index (χ1v) is 15.4. The van der Waals surface area contributed by atoms with Crippen LogP contribution in [0.1, 0.15) is 27.2 Å². The van der Waals surface area contributed by atoms with Gasteiger partial charge in [-0.3, -0.25) is 14.4 Å². The van der Waals surface area contributed by atoms with Gasteiger partial charge in [0.15, 0.2) is 0 Å². The number of hydrogen-bond donors (Lipinski definition) is 1. The fourth-order valence-electron chi connectivity index (χ4n) is 7.61. The van der Waals surface area contributed by atoms with Gasteiger partial charge in [0.25, 0.3) is 5.91 Å². The summed E-state index contributed by atoms with van der Waals surface area (Å²) in [5.74, 6) is -2.59. The predicted molar refractivity (Wildman–Crippen MR) is 166 cm³/mol. The topological polar surface area (TPSA) is 93.6 Å². The quantitative estimate of drug-likeness (QED) is 0.479. The first-order chi connectivity index (χ1) is 20.9. The van der Waals surface area contributed by atoms with E-state index in [9.17, 15) is 19.5 Å². The summed E-state index contributed by atoms with van der Waals surface area (Å²) < 4.78 is 6.99. The number of anilines is 3. The SMILES string of the molecule is CCN(CC)c1ccc(N2CC=C[C@]34O[C@]5(CC)C=CCN(c6ccccc6)C(=O)[C@@H]5[C@H]3C(=O)N(CCO)C4C2=O)cc1. The van der Waals surface area contributed by atoms with Crippen molar-refractivity contribution in [1.29, 1.82) is 0 Å². The Labute approximate surface area is 253 Å². The van der Waals surface area contributed by atoms with Gasteiger partial charge in [-0.05, 0) is 56.7 Å². The van der Waals surface area contributed by atoms with Crippen LogP contribution in [-0.2, 0) is 19.1 Å². The molecule has 2 aromatic carbocycles. The van der Waals surface area contributed by atoms with E-state index in [-0.39, 0.29) is 30.9 Å². The highest BCUT2D eigenvalue weighted by Gasteiger charge is 2.75. The average Bonchev–Trinajstić information content (AvgIpc) is 3.31. The number of fused-ring (bicyclic) bond motifs is 2. The second kappa shape index (κ2) is 11.3. The Morgan fingerprint density at radius 1 is 0.814 bits per heavy atom. The summed E-state index contributed by atoms with van der Waals surface area (Å²) in [5, 5.41) is 10.0. The van der Waals surface area contributed by atoms with Crippen LogP contribution in [0, 0.1) is 11.8 Å². The summed E-state index contributed by atoms with van der Waals surface area (Å²) in [7, 11) is 0. The number of likely N-dealkylation sites (tertiary alicyclic amines) is 1. The van der Waals surface area contributed by atoms with Crippen molar-refractivity contribution >= 4 is 34.8 Å². The molecule has 6 rings (SSSR count). The number of ether oxygens (including phenoxy) is 1. The van der Waals surface area contributed by atoms with Gasteiger partial charge in [-0.1, -0.05) is 49.4 Å². The van der Waals surface area contributed by atoms with Crippen molar-refractivity contribution < 1.29 is 24.2 Å². The lowest BCUT2D eigenvalue weighted by Gasteiger charge is -2.38. The lowest BCUT2D eigenvalue weighted by Crippen LogP contribution is -2.56. The van der Waals surface area contributed by atoms with E-state index in [0.29, 0.717) is 25.2 Å². The number of carbonyl (C=O) groups is 3. The zero-order valence-corrected chi connectivity index (χ0v) is 25.1. The largest absolute Gasteiger partial charge is 0.395 e. The van der Waals surface area contributed by atoms with Crippen LogP contribution in [0.4, 0.5) is 17.1 Å². The molecule has 4 aliphatic rings. The van der Waals surface area contributed by atoms with Gasteiger partial charge >= 0.3 is 0 Å². The summed E-state index contributed by atoms with van der Waals surface area (Å²) in [6, 6.07) is 16.3. The maximum Gasteiger partial charge on any atom is 0.253 e. The summed E-state index contributed by atoms with van der Waals surface area (Å²) in [5.41, 5.74) is 0.102. The number of hydrogen-bond acceptors (Lipinski definition) is 6. The number of β-amino-alcohol motifs (C(OH)–C–C–N with tert-alkyl or cyclic N) is 1. The van der Waals surface area contributed by atoms with Crippen molar-refractivity contribution in [1.82, 2.24) is 4.90 Å². The van der Waals surface area contributed by atoms with E-state index in [0.717, 1.165) is 24.5 Å². The molecule has 4 heterocycles. The number of para-hydroxylation sites is 1. The van der Waals surface area contributed by atoms with E-state index in [1.165, 1.54) is 4.90 Å². The highest BCUT2D eigenvalue weighted by Crippen LogP contribution is 2.58. The Kier molecular flexibility index (Phi) is 7.64. The maximum absolute atomic E-state index is 14.6. The van der Waals surface area contributed by atoms with E-state index < -0.39 is 29.1 Å². The molecule has 9 heteroatoms. The molecule has 9 nitrogen and oxygen atoms in total. The standard InChI is InChI=1S/C34H40N4O5/c1-4-33-18-10-20-36(25-12-8-7-9-13-25)30(40)27(33)28-31(41)38(22-23-39)29-32(42)37(21-11-19-34(28,29)43-33)26-16-14-24(15-17-26)35(5-2)6-3/h7-19,27-29,39H,4-6,20-23H2,1-3H3/t27-,28-,29?,33+,34-/m0/s1. The molecule has 2 aromatic rings. The number of amides is 3. The first-order valence-electron chi connectivity index (χ1n) is 15.4. The second-order valence-electron chi connectivity index (χ2n) is 11.6. The van der Waals surface area contributed by atoms with Crippen molar-refractivity contribution in [3.05, 3.63) is 78.9 Å². The van der Waals surface area contributed by atoms with Gasteiger partial charge in [0.2, 0.25) is 11.8 Å². The number of carbonyl (C=O) groups excluding carboxylic acids is 3. The zero-order chi connectivity index (χ0) is 30.4. The van der Waals surface area contributed by atoms with Gasteiger partial charge in [0, 0.05) is 49.8 Å². The molecule has 1 unspecified atom stereocenters. The number of aliphatic hydroxyl groups excluding tert-OH is 1. The number of benzene rings is 2. The molecule has 4 aliphatic heterocycles. The van der Waals surface area contributed by atoms with Crippen molar-refractivity contribution in [2.75, 3.05) is 54.0 Å². The van der Waals surface area contributed by atoms with Gasteiger partial charge in [0.1, 0.15) is 11.6 Å². The highest BCUT2D eigenvalue weighted by atomic mass is 16.5. The molecular formula is C34H40N4O5. The van der Waals surface area contributed by atoms with E-state index in [1.807, 2.05) is 85.8 Å². The molecular weight excluding hydrogens is 544 g/mol. The molecule has 0 aromatic heterocycles. The van der Waals surface area contributed by atoms with Crippen LogP contribution in [0.15, 0.2) is 78.9 Å². The molecule has 0 saturated carbocycles. The average molecular weight is 585 g/mol. The smallest absolute Gasteiger partial charge is 0.253 e. The molecule has 0 bridgehead atoms. The Morgan fingerprint density at radius 3 is 2.07 bits per heavy atom. The number of rotatable bonds is 8. The van der Waals surface area contributed by atoms with E-state index in [2.05, 4.69) is 18.7 Å². The molecule has 1 spiro atoms. The van der Waals surface area contributed by atoms with E-state index in [4.69, 9.17) is 4.74 Å². The highest BCUT2D eigenvalue weighted by molar-refractivity contribution is 6.07. The molecule has 0 aliphatic carbocycles. The summed E-state index contributed by atoms with van der Waals surface area (Å²) >= 11 is 0. The molecule has 2 fully saturated rings. The lowest BCUT2D eigenvalue weighted by molar-refractivity contribution is -0.146. The predicted octanol–water partition coefficient (Wildman–Crippen LogP) is 3.39. The van der Waals surface area contributed by atoms with Crippen LogP contribution in [0.3, 0.4) is 0 Å². The molecule has 5 atom stereocenters. The first kappa shape index (κ1) is 29.1. The molecule has 3 amide bonds. The minimum absolute atomic E-state index is 0.0301. The zero-order valence-electron chi connectivity index (χ0n) is 25.1. The Hall–Kier alpha value is -3.95. The Bertz CT molecular complexity index is 1440. The summed E-state index contributed by atoms with van der Waals surface area (Å²) in [6.45, 7) is 8.22. The van der Waals surface area contributed by atoms with E-state index >= 15 is 0 Å². The third kappa shape index (κ3) is 4.40. The summed E-state index contributed by atoms with van der Waals surface area (Å²) in [4.78, 5) is 50.4. The number of nitrogens with zero attached hydrogens (tertiary/aromatic N) is 4. The van der Waals surface area contributed by atoms with Crippen LogP contribution in [-0.4, -0.2) is 84.3 Å². The van der Waals surface area contributed by atoms with Crippen LogP contribution in [0.5, 0.6) is 0 Å². The Morgan fingerprint density at radius 2 is 1.44 bits per heavy atom. The van der Waals surface area contributed by atoms with Crippen LogP contribution in [0.25, 0.3) is 0 Å². The van der Waals surface area contributed by atoms with Crippen LogP contribution < -0.4 is 14.7 Å². The number of aliphatic hydroxyl groups is 1.